The third-order valence-electron chi connectivity index (χ3n) is 7.66. The van der Waals surface area contributed by atoms with E-state index in [4.69, 9.17) is 32.5 Å². The van der Waals surface area contributed by atoms with Crippen molar-refractivity contribution in [2.45, 2.75) is 156 Å². The highest BCUT2D eigenvalue weighted by Crippen LogP contribution is 2.55. The van der Waals surface area contributed by atoms with Gasteiger partial charge in [0.15, 0.2) is 29.7 Å². The van der Waals surface area contributed by atoms with E-state index >= 15 is 4.39 Å². The van der Waals surface area contributed by atoms with E-state index in [-0.39, 0.29) is 11.5 Å². The zero-order valence-corrected chi connectivity index (χ0v) is 40.4. The van der Waals surface area contributed by atoms with Gasteiger partial charge in [-0.05, 0) is 68.4 Å². The number of ketones is 2. The van der Waals surface area contributed by atoms with Crippen LogP contribution in [0.15, 0.2) is 17.1 Å². The lowest BCUT2D eigenvalue weighted by Crippen LogP contribution is -2.45. The number of rotatable bonds is 14. The highest BCUT2D eigenvalue weighted by atomic mass is 32.2. The summed E-state index contributed by atoms with van der Waals surface area (Å²) in [5.41, 5.74) is -6.35. The van der Waals surface area contributed by atoms with Crippen LogP contribution in [0.2, 0.25) is 0 Å². The fourth-order valence-corrected chi connectivity index (χ4v) is 8.79. The SMILES string of the molecule is CC(C)(C)OC(=O)O[C@H]1[C@H](F)[C@H](n2ccc(N(C(=O)OC(C)(C)C)C(=O)OC(C)(C)C)nc2=O)S[C@@H]1COP(=O)(O[C@H](CS)C(=O)C(C)(C)C)O[C@H](CS)C(=O)C(C)(C)C. The summed E-state index contributed by atoms with van der Waals surface area (Å²) in [4.78, 5) is 83.9. The number of aromatic nitrogens is 2. The summed E-state index contributed by atoms with van der Waals surface area (Å²) in [6.45, 7) is 22.9. The highest BCUT2D eigenvalue weighted by Gasteiger charge is 2.51. The second-order valence-electron chi connectivity index (χ2n) is 18.9. The number of hydrogen-bond donors (Lipinski definition) is 2. The standard InChI is InChI=1S/C38H61FN3O14PS3/c1-34(2,3)27(43)21(19-58)55-57(49,56-22(20-59)28(44)35(4,5)6)50-18-23-26(51-33(48)54-38(13,14)15)25(39)29(60-23)41-17-16-24(40-30(41)45)42(31(46)52-36(7,8)9)32(47)53-37(10,11)12/h16-17,21-23,25-26,29,58-59H,18-20H2,1-15H3/t21-,22-,23-,25+,26-,29-/m1/s1. The fourth-order valence-electron chi connectivity index (χ4n) is 5.03. The van der Waals surface area contributed by atoms with Crippen LogP contribution in [-0.4, -0.2) is 104 Å². The zero-order valence-electron chi connectivity index (χ0n) is 36.9. The lowest BCUT2D eigenvalue weighted by atomic mass is 9.88. The molecular weight excluding hydrogens is 869 g/mol. The summed E-state index contributed by atoms with van der Waals surface area (Å²) in [5, 5.41) is -2.80. The number of nitrogens with zero attached hydrogens (tertiary/aromatic N) is 3. The fraction of sp³-hybridized carbons (Fsp3) is 0.763. The average molecular weight is 930 g/mol. The molecule has 0 bridgehead atoms. The second kappa shape index (κ2) is 20.2. The molecule has 1 fully saturated rings. The van der Waals surface area contributed by atoms with Crippen LogP contribution in [0.25, 0.3) is 0 Å². The van der Waals surface area contributed by atoms with E-state index in [2.05, 4.69) is 30.2 Å². The van der Waals surface area contributed by atoms with Gasteiger partial charge in [0.25, 0.3) is 0 Å². The third kappa shape index (κ3) is 15.9. The molecule has 1 saturated heterocycles. The van der Waals surface area contributed by atoms with Gasteiger partial charge in [-0.15, -0.1) is 11.8 Å². The van der Waals surface area contributed by atoms with E-state index in [1.807, 2.05) is 0 Å². The number of carbonyl (C=O) groups is 5. The van der Waals surface area contributed by atoms with E-state index in [1.54, 1.807) is 104 Å². The minimum atomic E-state index is -4.97. The summed E-state index contributed by atoms with van der Waals surface area (Å²) in [6.07, 6.45) is -9.48. The maximum atomic E-state index is 16.7. The minimum Gasteiger partial charge on any atom is -0.443 e. The number of phosphoric acid groups is 1. The molecule has 1 aliphatic heterocycles. The highest BCUT2D eigenvalue weighted by molar-refractivity contribution is 8.00. The normalized spacial score (nSPS) is 20.2. The summed E-state index contributed by atoms with van der Waals surface area (Å²) >= 11 is 9.13. The predicted octanol–water partition coefficient (Wildman–Crippen LogP) is 8.18. The third-order valence-corrected chi connectivity index (χ3v) is 11.3. The Hall–Kier alpha value is -2.68. The first-order valence-electron chi connectivity index (χ1n) is 19.0. The first-order chi connectivity index (χ1) is 27.0. The number of imide groups is 1. The van der Waals surface area contributed by atoms with Crippen molar-refractivity contribution in [1.29, 1.82) is 0 Å². The van der Waals surface area contributed by atoms with Gasteiger partial charge in [-0.3, -0.25) is 27.7 Å². The number of alkyl halides is 1. The molecule has 6 atom stereocenters. The topological polar surface area (TPSA) is 205 Å². The van der Waals surface area contributed by atoms with E-state index in [9.17, 15) is 33.3 Å². The van der Waals surface area contributed by atoms with Crippen molar-refractivity contribution in [2.75, 3.05) is 23.0 Å². The molecule has 342 valence electrons. The molecule has 0 unspecified atom stereocenters. The number of halogens is 1. The average Bonchev–Trinajstić information content (AvgIpc) is 3.35. The Labute approximate surface area is 366 Å². The molecule has 2 heterocycles. The molecular formula is C38H61FN3O14PS3. The van der Waals surface area contributed by atoms with Crippen LogP contribution in [0.1, 0.15) is 109 Å². The van der Waals surface area contributed by atoms with Crippen LogP contribution in [-0.2, 0) is 46.7 Å². The van der Waals surface area contributed by atoms with Crippen LogP contribution < -0.4 is 10.6 Å². The molecule has 0 aliphatic carbocycles. The van der Waals surface area contributed by atoms with Gasteiger partial charge in [-0.2, -0.15) is 35.1 Å². The number of thiol groups is 2. The molecule has 17 nitrogen and oxygen atoms in total. The summed E-state index contributed by atoms with van der Waals surface area (Å²) in [5.74, 6) is -2.08. The lowest BCUT2D eigenvalue weighted by molar-refractivity contribution is -0.136. The molecule has 1 aromatic heterocycles. The number of thioether (sulfide) groups is 1. The smallest absolute Gasteiger partial charge is 0.443 e. The summed E-state index contributed by atoms with van der Waals surface area (Å²) < 4.78 is 70.7. The van der Waals surface area contributed by atoms with Gasteiger partial charge in [0.2, 0.25) is 0 Å². The number of Topliss-reactive ketones (excluding diaryl/α,β-unsaturated/α-hetero) is 2. The number of ether oxygens (including phenoxy) is 4. The van der Waals surface area contributed by atoms with Crippen LogP contribution in [0.4, 0.5) is 24.6 Å². The van der Waals surface area contributed by atoms with Crippen molar-refractivity contribution >= 4 is 80.6 Å². The first kappa shape index (κ1) is 53.5. The van der Waals surface area contributed by atoms with E-state index < -0.39 is 119 Å². The van der Waals surface area contributed by atoms with Gasteiger partial charge >= 0.3 is 31.9 Å². The molecule has 22 heteroatoms. The van der Waals surface area contributed by atoms with Crippen molar-refractivity contribution in [3.63, 3.8) is 0 Å². The van der Waals surface area contributed by atoms with Crippen molar-refractivity contribution in [3.8, 4) is 0 Å². The Morgan fingerprint density at radius 2 is 1.23 bits per heavy atom. The van der Waals surface area contributed by atoms with Crippen molar-refractivity contribution in [2.24, 2.45) is 10.8 Å². The quantitative estimate of drug-likeness (QED) is 0.0781. The molecule has 1 aliphatic rings. The molecule has 0 spiro atoms. The number of carbonyl (C=O) groups excluding carboxylic acids is 5. The largest absolute Gasteiger partial charge is 0.509 e. The van der Waals surface area contributed by atoms with Crippen LogP contribution in [0, 0.1) is 10.8 Å². The van der Waals surface area contributed by atoms with E-state index in [1.165, 1.54) is 0 Å². The van der Waals surface area contributed by atoms with Crippen molar-refractivity contribution in [1.82, 2.24) is 9.55 Å². The number of phosphoric ester groups is 1. The number of hydrogen-bond acceptors (Lipinski definition) is 18. The second-order valence-corrected chi connectivity index (χ2v) is 22.5. The molecule has 0 aromatic carbocycles. The molecule has 2 rings (SSSR count). The maximum Gasteiger partial charge on any atom is 0.509 e. The van der Waals surface area contributed by atoms with E-state index in [0.717, 1.165) is 16.8 Å². The van der Waals surface area contributed by atoms with Gasteiger partial charge in [0.05, 0.1) is 11.9 Å². The molecule has 0 saturated carbocycles. The lowest BCUT2D eigenvalue weighted by Gasteiger charge is -2.31. The molecule has 2 amide bonds. The number of amides is 2. The predicted molar refractivity (Wildman–Crippen MR) is 230 cm³/mol. The minimum absolute atomic E-state index is 0.270. The van der Waals surface area contributed by atoms with Gasteiger partial charge in [0, 0.05) is 28.5 Å². The van der Waals surface area contributed by atoms with Crippen LogP contribution in [0.3, 0.4) is 0 Å². The Morgan fingerprint density at radius 1 is 0.800 bits per heavy atom. The van der Waals surface area contributed by atoms with E-state index in [0.29, 0.717) is 16.7 Å². The van der Waals surface area contributed by atoms with Gasteiger partial charge in [0.1, 0.15) is 34.4 Å². The van der Waals surface area contributed by atoms with Crippen molar-refractivity contribution < 1.29 is 65.4 Å². The maximum absolute atomic E-state index is 16.7. The Bertz CT molecular complexity index is 1760. The molecule has 1 aromatic rings. The summed E-state index contributed by atoms with van der Waals surface area (Å²) in [6, 6.07) is 1.08. The first-order valence-corrected chi connectivity index (χ1v) is 22.7. The van der Waals surface area contributed by atoms with Gasteiger partial charge < -0.3 is 18.9 Å². The van der Waals surface area contributed by atoms with Crippen molar-refractivity contribution in [3.05, 3.63) is 22.7 Å². The number of anilines is 1. The zero-order chi connectivity index (χ0) is 46.6. The van der Waals surface area contributed by atoms with Crippen LogP contribution >= 0.6 is 44.8 Å². The monoisotopic (exact) mass is 929 g/mol. The Morgan fingerprint density at radius 3 is 1.60 bits per heavy atom. The van der Waals surface area contributed by atoms with Gasteiger partial charge in [-0.25, -0.2) is 28.1 Å². The molecule has 60 heavy (non-hydrogen) atoms. The molecule has 0 N–H and O–H groups in total. The van der Waals surface area contributed by atoms with Crippen LogP contribution in [0.5, 0.6) is 0 Å². The summed E-state index contributed by atoms with van der Waals surface area (Å²) in [7, 11) is -4.97. The van der Waals surface area contributed by atoms with Gasteiger partial charge in [-0.1, -0.05) is 41.5 Å². The Kier molecular flexibility index (Phi) is 18.0. The molecule has 0 radical (unpaired) electrons. The Balaban J connectivity index is 2.66.